The van der Waals surface area contributed by atoms with Crippen molar-refractivity contribution >= 4 is 15.9 Å². The smallest absolute Gasteiger partial charge is 0.254 e. The molecule has 1 aromatic heterocycles. The summed E-state index contributed by atoms with van der Waals surface area (Å²) < 4.78 is 28.2. The van der Waals surface area contributed by atoms with Crippen LogP contribution in [0.25, 0.3) is 0 Å². The molecule has 0 saturated heterocycles. The lowest BCUT2D eigenvalue weighted by Gasteiger charge is -2.18. The number of carbonyl (C=O) groups excluding carboxylic acids is 1. The molecule has 0 aliphatic carbocycles. The lowest BCUT2D eigenvalue weighted by Crippen LogP contribution is -2.30. The van der Waals surface area contributed by atoms with E-state index in [9.17, 15) is 13.2 Å². The van der Waals surface area contributed by atoms with Gasteiger partial charge in [0.15, 0.2) is 0 Å². The molecular weight excluding hydrogens is 400 g/mol. The lowest BCUT2D eigenvalue weighted by molar-refractivity contribution is 0.0951. The van der Waals surface area contributed by atoms with E-state index >= 15 is 0 Å². The van der Waals surface area contributed by atoms with Crippen molar-refractivity contribution in [2.45, 2.75) is 31.8 Å². The van der Waals surface area contributed by atoms with E-state index in [1.165, 1.54) is 10.5 Å². The summed E-state index contributed by atoms with van der Waals surface area (Å²) in [4.78, 5) is 12.7. The number of carbonyl (C=O) groups is 1. The Morgan fingerprint density at radius 1 is 1.00 bits per heavy atom. The van der Waals surface area contributed by atoms with Gasteiger partial charge in [0.1, 0.15) is 0 Å². The SMILES string of the molecule is CCN(CC)S(=O)(=O)c1ccc(CNC(=O)c2cnn(Cc3ccccc3)c2)cc1. The van der Waals surface area contributed by atoms with Gasteiger partial charge in [-0.05, 0) is 23.3 Å². The number of hydrogen-bond donors (Lipinski definition) is 1. The maximum atomic E-state index is 12.5. The average Bonchev–Trinajstić information content (AvgIpc) is 3.22. The van der Waals surface area contributed by atoms with Crippen LogP contribution in [0.4, 0.5) is 0 Å². The highest BCUT2D eigenvalue weighted by Crippen LogP contribution is 2.16. The number of hydrogen-bond acceptors (Lipinski definition) is 4. The van der Waals surface area contributed by atoms with Crippen LogP contribution in [0.1, 0.15) is 35.3 Å². The van der Waals surface area contributed by atoms with Gasteiger partial charge in [0.05, 0.1) is 23.2 Å². The van der Waals surface area contributed by atoms with Crippen LogP contribution in [0, 0.1) is 0 Å². The number of benzene rings is 2. The maximum absolute atomic E-state index is 12.5. The Balaban J connectivity index is 1.59. The van der Waals surface area contributed by atoms with Gasteiger partial charge in [-0.2, -0.15) is 9.40 Å². The normalized spacial score (nSPS) is 11.6. The van der Waals surface area contributed by atoms with Gasteiger partial charge in [0.25, 0.3) is 5.91 Å². The van der Waals surface area contributed by atoms with Gasteiger partial charge in [-0.25, -0.2) is 8.42 Å². The fourth-order valence-electron chi connectivity index (χ4n) is 3.11. The van der Waals surface area contributed by atoms with Gasteiger partial charge in [-0.3, -0.25) is 9.48 Å². The molecule has 0 atom stereocenters. The topological polar surface area (TPSA) is 84.3 Å². The van der Waals surface area contributed by atoms with Gasteiger partial charge < -0.3 is 5.32 Å². The molecule has 0 radical (unpaired) electrons. The number of rotatable bonds is 9. The molecule has 8 heteroatoms. The fourth-order valence-corrected chi connectivity index (χ4v) is 4.57. The summed E-state index contributed by atoms with van der Waals surface area (Å²) in [5.41, 5.74) is 2.40. The van der Waals surface area contributed by atoms with Crippen LogP contribution in [-0.2, 0) is 23.1 Å². The number of nitrogens with zero attached hydrogens (tertiary/aromatic N) is 3. The van der Waals surface area contributed by atoms with Crippen LogP contribution in [0.15, 0.2) is 71.9 Å². The molecule has 0 spiro atoms. The maximum Gasteiger partial charge on any atom is 0.254 e. The summed E-state index contributed by atoms with van der Waals surface area (Å²) in [6.07, 6.45) is 3.25. The Morgan fingerprint density at radius 2 is 1.67 bits per heavy atom. The second-order valence-corrected chi connectivity index (χ2v) is 8.77. The minimum Gasteiger partial charge on any atom is -0.348 e. The summed E-state index contributed by atoms with van der Waals surface area (Å²) in [6.45, 7) is 5.37. The molecule has 0 unspecified atom stereocenters. The van der Waals surface area contributed by atoms with Crippen LogP contribution in [0.2, 0.25) is 0 Å². The average molecular weight is 427 g/mol. The van der Waals surface area contributed by atoms with E-state index in [2.05, 4.69) is 10.4 Å². The van der Waals surface area contributed by atoms with Crippen LogP contribution >= 0.6 is 0 Å². The Labute approximate surface area is 177 Å². The Kier molecular flexibility index (Phi) is 7.02. The van der Waals surface area contributed by atoms with Crippen molar-refractivity contribution in [1.82, 2.24) is 19.4 Å². The summed E-state index contributed by atoms with van der Waals surface area (Å²) in [5, 5.41) is 7.09. The summed E-state index contributed by atoms with van der Waals surface area (Å²) in [7, 11) is -3.48. The molecular formula is C22H26N4O3S. The second-order valence-electron chi connectivity index (χ2n) is 6.83. The molecule has 3 rings (SSSR count). The number of amides is 1. The highest BCUT2D eigenvalue weighted by atomic mass is 32.2. The molecule has 1 amide bonds. The van der Waals surface area contributed by atoms with E-state index in [0.717, 1.165) is 11.1 Å². The first-order valence-electron chi connectivity index (χ1n) is 9.87. The zero-order valence-electron chi connectivity index (χ0n) is 17.2. The summed E-state index contributed by atoms with van der Waals surface area (Å²) in [6, 6.07) is 16.5. The highest BCUT2D eigenvalue weighted by molar-refractivity contribution is 7.89. The van der Waals surface area contributed by atoms with E-state index < -0.39 is 10.0 Å². The summed E-state index contributed by atoms with van der Waals surface area (Å²) in [5.74, 6) is -0.228. The molecule has 2 aromatic carbocycles. The van der Waals surface area contributed by atoms with E-state index in [0.29, 0.717) is 31.7 Å². The van der Waals surface area contributed by atoms with Crippen molar-refractivity contribution in [3.05, 3.63) is 83.7 Å². The number of sulfonamides is 1. The van der Waals surface area contributed by atoms with Crippen molar-refractivity contribution < 1.29 is 13.2 Å². The van der Waals surface area contributed by atoms with Crippen molar-refractivity contribution in [3.8, 4) is 0 Å². The molecule has 0 bridgehead atoms. The second kappa shape index (κ2) is 9.69. The monoisotopic (exact) mass is 426 g/mol. The van der Waals surface area contributed by atoms with Crippen LogP contribution in [-0.4, -0.2) is 41.5 Å². The Morgan fingerprint density at radius 3 is 2.30 bits per heavy atom. The van der Waals surface area contributed by atoms with Crippen LogP contribution < -0.4 is 5.32 Å². The number of nitrogens with one attached hydrogen (secondary N) is 1. The first-order chi connectivity index (χ1) is 14.4. The lowest BCUT2D eigenvalue weighted by atomic mass is 10.2. The molecule has 0 fully saturated rings. The van der Waals surface area contributed by atoms with E-state index in [1.54, 1.807) is 35.1 Å². The predicted octanol–water partition coefficient (Wildman–Crippen LogP) is 2.89. The highest BCUT2D eigenvalue weighted by Gasteiger charge is 2.21. The standard InChI is InChI=1S/C22H26N4O3S/c1-3-26(4-2)30(28,29)21-12-10-18(11-13-21)14-23-22(27)20-15-24-25(17-20)16-19-8-6-5-7-9-19/h5-13,15,17H,3-4,14,16H2,1-2H3,(H,23,27). The predicted molar refractivity (Wildman–Crippen MR) is 115 cm³/mol. The van der Waals surface area contributed by atoms with Crippen molar-refractivity contribution in [2.75, 3.05) is 13.1 Å². The fraction of sp³-hybridized carbons (Fsp3) is 0.273. The van der Waals surface area contributed by atoms with Crippen LogP contribution in [0.5, 0.6) is 0 Å². The minimum atomic E-state index is -3.48. The quantitative estimate of drug-likeness (QED) is 0.570. The molecule has 0 aliphatic heterocycles. The number of aromatic nitrogens is 2. The van der Waals surface area contributed by atoms with Crippen molar-refractivity contribution in [2.24, 2.45) is 0 Å². The van der Waals surface area contributed by atoms with Crippen molar-refractivity contribution in [1.29, 1.82) is 0 Å². The van der Waals surface area contributed by atoms with E-state index in [1.807, 2.05) is 44.2 Å². The third-order valence-corrected chi connectivity index (χ3v) is 6.87. The van der Waals surface area contributed by atoms with Gasteiger partial charge in [-0.15, -0.1) is 0 Å². The van der Waals surface area contributed by atoms with Crippen molar-refractivity contribution in [3.63, 3.8) is 0 Å². The Bertz CT molecular complexity index is 1070. The molecule has 0 saturated carbocycles. The zero-order chi connectivity index (χ0) is 21.6. The third kappa shape index (κ3) is 5.14. The zero-order valence-corrected chi connectivity index (χ0v) is 18.0. The van der Waals surface area contributed by atoms with Gasteiger partial charge >= 0.3 is 0 Å². The first kappa shape index (κ1) is 21.7. The molecule has 30 heavy (non-hydrogen) atoms. The first-order valence-corrected chi connectivity index (χ1v) is 11.3. The minimum absolute atomic E-state index is 0.228. The third-order valence-electron chi connectivity index (χ3n) is 4.80. The molecule has 1 N–H and O–H groups in total. The molecule has 3 aromatic rings. The van der Waals surface area contributed by atoms with Crippen LogP contribution in [0.3, 0.4) is 0 Å². The van der Waals surface area contributed by atoms with Gasteiger partial charge in [-0.1, -0.05) is 56.3 Å². The van der Waals surface area contributed by atoms with Gasteiger partial charge in [0, 0.05) is 25.8 Å². The summed E-state index contributed by atoms with van der Waals surface area (Å²) >= 11 is 0. The Hall–Kier alpha value is -2.97. The van der Waals surface area contributed by atoms with E-state index in [4.69, 9.17) is 0 Å². The molecule has 1 heterocycles. The molecule has 0 aliphatic rings. The van der Waals surface area contributed by atoms with E-state index in [-0.39, 0.29) is 10.8 Å². The molecule has 158 valence electrons. The van der Waals surface area contributed by atoms with Gasteiger partial charge in [0.2, 0.25) is 10.0 Å². The molecule has 7 nitrogen and oxygen atoms in total. The largest absolute Gasteiger partial charge is 0.348 e.